The summed E-state index contributed by atoms with van der Waals surface area (Å²) in [4.78, 5) is 11.4. The molecule has 1 aromatic rings. The van der Waals surface area contributed by atoms with Crippen molar-refractivity contribution in [1.29, 1.82) is 0 Å². The van der Waals surface area contributed by atoms with Crippen molar-refractivity contribution in [2.45, 2.75) is 32.9 Å². The Morgan fingerprint density at radius 3 is 2.39 bits per heavy atom. The zero-order valence-corrected chi connectivity index (χ0v) is 10.5. The maximum absolute atomic E-state index is 11.9. The molecule has 0 saturated heterocycles. The highest BCUT2D eigenvalue weighted by Crippen LogP contribution is 2.21. The number of rotatable bonds is 3. The molecule has 0 heterocycles. The Hall–Kier alpha value is -1.52. The van der Waals surface area contributed by atoms with E-state index in [2.05, 4.69) is 4.74 Å². The smallest absolute Gasteiger partial charge is 0.422 e. The molecule has 0 saturated carbocycles. The molecule has 0 unspecified atom stereocenters. The zero-order valence-electron chi connectivity index (χ0n) is 10.5. The number of benzene rings is 1. The van der Waals surface area contributed by atoms with E-state index in [0.29, 0.717) is 5.92 Å². The van der Waals surface area contributed by atoms with Gasteiger partial charge in [0.25, 0.3) is 0 Å². The predicted molar refractivity (Wildman–Crippen MR) is 61.6 cm³/mol. The van der Waals surface area contributed by atoms with Gasteiger partial charge in [-0.05, 0) is 36.1 Å². The van der Waals surface area contributed by atoms with E-state index in [1.807, 2.05) is 20.8 Å². The largest absolute Gasteiger partial charge is 0.452 e. The van der Waals surface area contributed by atoms with E-state index in [1.165, 1.54) is 6.07 Å². The molecule has 0 N–H and O–H groups in total. The first-order valence-electron chi connectivity index (χ1n) is 5.55. The van der Waals surface area contributed by atoms with Gasteiger partial charge in [-0.2, -0.15) is 13.2 Å². The van der Waals surface area contributed by atoms with Crippen molar-refractivity contribution in [1.82, 2.24) is 0 Å². The van der Waals surface area contributed by atoms with E-state index in [9.17, 15) is 18.0 Å². The molecule has 0 aliphatic rings. The highest BCUT2D eigenvalue weighted by atomic mass is 19.4. The Balaban J connectivity index is 2.79. The third kappa shape index (κ3) is 4.05. The number of esters is 1. The van der Waals surface area contributed by atoms with E-state index >= 15 is 0 Å². The molecule has 0 radical (unpaired) electrons. The number of halogens is 3. The lowest BCUT2D eigenvalue weighted by molar-refractivity contribution is -0.161. The topological polar surface area (TPSA) is 26.3 Å². The van der Waals surface area contributed by atoms with Gasteiger partial charge in [-0.3, -0.25) is 0 Å². The standard InChI is InChI=1S/C13H15F3O2/c1-8(2)11-5-4-10(6-9(11)3)12(17)18-7-13(14,15)16/h4-6,8H,7H2,1-3H3. The van der Waals surface area contributed by atoms with Crippen LogP contribution in [0.4, 0.5) is 13.2 Å². The molecule has 100 valence electrons. The number of hydrogen-bond donors (Lipinski definition) is 0. The molecular formula is C13H15F3O2. The van der Waals surface area contributed by atoms with Crippen LogP contribution < -0.4 is 0 Å². The summed E-state index contributed by atoms with van der Waals surface area (Å²) in [6.07, 6.45) is -4.50. The minimum Gasteiger partial charge on any atom is -0.452 e. The van der Waals surface area contributed by atoms with E-state index < -0.39 is 18.8 Å². The van der Waals surface area contributed by atoms with Crippen molar-refractivity contribution in [3.05, 3.63) is 34.9 Å². The van der Waals surface area contributed by atoms with Gasteiger partial charge in [0, 0.05) is 0 Å². The summed E-state index contributed by atoms with van der Waals surface area (Å²) in [5.41, 5.74) is 2.06. The van der Waals surface area contributed by atoms with Crippen LogP contribution in [-0.4, -0.2) is 18.8 Å². The number of hydrogen-bond acceptors (Lipinski definition) is 2. The van der Waals surface area contributed by atoms with Crippen LogP contribution >= 0.6 is 0 Å². The van der Waals surface area contributed by atoms with Gasteiger partial charge in [0.1, 0.15) is 0 Å². The van der Waals surface area contributed by atoms with Crippen LogP contribution in [0.1, 0.15) is 41.3 Å². The zero-order chi connectivity index (χ0) is 13.9. The lowest BCUT2D eigenvalue weighted by atomic mass is 9.96. The molecule has 18 heavy (non-hydrogen) atoms. The second-order valence-electron chi connectivity index (χ2n) is 4.42. The number of ether oxygens (including phenoxy) is 1. The molecule has 0 aromatic heterocycles. The maximum Gasteiger partial charge on any atom is 0.422 e. The quantitative estimate of drug-likeness (QED) is 0.772. The Morgan fingerprint density at radius 1 is 1.33 bits per heavy atom. The molecule has 0 fully saturated rings. The number of carbonyl (C=O) groups excluding carboxylic acids is 1. The van der Waals surface area contributed by atoms with Crippen LogP contribution in [0.25, 0.3) is 0 Å². The summed E-state index contributed by atoms with van der Waals surface area (Å²) >= 11 is 0. The predicted octanol–water partition coefficient (Wildman–Crippen LogP) is 3.84. The molecule has 0 spiro atoms. The SMILES string of the molecule is Cc1cc(C(=O)OCC(F)(F)F)ccc1C(C)C. The van der Waals surface area contributed by atoms with Crippen LogP contribution in [0.2, 0.25) is 0 Å². The molecule has 0 aliphatic carbocycles. The number of carbonyl (C=O) groups is 1. The first-order valence-corrected chi connectivity index (χ1v) is 5.55. The Morgan fingerprint density at radius 2 is 1.94 bits per heavy atom. The normalized spacial score (nSPS) is 11.7. The van der Waals surface area contributed by atoms with Crippen LogP contribution in [0, 0.1) is 6.92 Å². The summed E-state index contributed by atoms with van der Waals surface area (Å²) in [7, 11) is 0. The van der Waals surface area contributed by atoms with Gasteiger partial charge in [0.15, 0.2) is 6.61 Å². The van der Waals surface area contributed by atoms with Crippen LogP contribution in [0.15, 0.2) is 18.2 Å². The average Bonchev–Trinajstić information content (AvgIpc) is 2.24. The minimum atomic E-state index is -4.50. The van der Waals surface area contributed by atoms with Crippen molar-refractivity contribution >= 4 is 5.97 Å². The Labute approximate surface area is 104 Å². The second-order valence-corrected chi connectivity index (χ2v) is 4.42. The fraction of sp³-hybridized carbons (Fsp3) is 0.462. The minimum absolute atomic E-state index is 0.140. The highest BCUT2D eigenvalue weighted by molar-refractivity contribution is 5.89. The van der Waals surface area contributed by atoms with Gasteiger partial charge in [-0.25, -0.2) is 4.79 Å². The van der Waals surface area contributed by atoms with Gasteiger partial charge in [0.05, 0.1) is 5.56 Å². The van der Waals surface area contributed by atoms with E-state index in [0.717, 1.165) is 11.1 Å². The van der Waals surface area contributed by atoms with E-state index in [-0.39, 0.29) is 5.56 Å². The molecule has 2 nitrogen and oxygen atoms in total. The summed E-state index contributed by atoms with van der Waals surface area (Å²) in [6, 6.07) is 4.78. The van der Waals surface area contributed by atoms with E-state index in [4.69, 9.17) is 0 Å². The molecule has 0 bridgehead atoms. The fourth-order valence-electron chi connectivity index (χ4n) is 1.68. The highest BCUT2D eigenvalue weighted by Gasteiger charge is 2.29. The summed E-state index contributed by atoms with van der Waals surface area (Å²) < 4.78 is 39.9. The molecule has 5 heteroatoms. The van der Waals surface area contributed by atoms with Gasteiger partial charge in [-0.15, -0.1) is 0 Å². The lowest BCUT2D eigenvalue weighted by Gasteiger charge is -2.12. The van der Waals surface area contributed by atoms with Crippen LogP contribution in [-0.2, 0) is 4.74 Å². The first kappa shape index (κ1) is 14.5. The summed E-state index contributed by atoms with van der Waals surface area (Å²) in [6.45, 7) is 4.26. The maximum atomic E-state index is 11.9. The van der Waals surface area contributed by atoms with Gasteiger partial charge in [0.2, 0.25) is 0 Å². The van der Waals surface area contributed by atoms with Gasteiger partial charge >= 0.3 is 12.1 Å². The summed E-state index contributed by atoms with van der Waals surface area (Å²) in [5.74, 6) is -0.657. The second kappa shape index (κ2) is 5.42. The lowest BCUT2D eigenvalue weighted by Crippen LogP contribution is -2.20. The third-order valence-corrected chi connectivity index (χ3v) is 2.49. The van der Waals surface area contributed by atoms with Crippen molar-refractivity contribution < 1.29 is 22.7 Å². The molecule has 0 amide bonds. The molecule has 0 atom stereocenters. The fourth-order valence-corrected chi connectivity index (χ4v) is 1.68. The van der Waals surface area contributed by atoms with Crippen LogP contribution in [0.3, 0.4) is 0 Å². The van der Waals surface area contributed by atoms with Crippen LogP contribution in [0.5, 0.6) is 0 Å². The Kier molecular flexibility index (Phi) is 4.38. The van der Waals surface area contributed by atoms with Crippen molar-refractivity contribution in [3.8, 4) is 0 Å². The third-order valence-electron chi connectivity index (χ3n) is 2.49. The van der Waals surface area contributed by atoms with E-state index in [1.54, 1.807) is 12.1 Å². The van der Waals surface area contributed by atoms with Crippen molar-refractivity contribution in [2.75, 3.05) is 6.61 Å². The Bertz CT molecular complexity index is 436. The summed E-state index contributed by atoms with van der Waals surface area (Å²) in [5, 5.41) is 0. The first-order chi connectivity index (χ1) is 8.20. The molecule has 0 aliphatic heterocycles. The van der Waals surface area contributed by atoms with Crippen molar-refractivity contribution in [3.63, 3.8) is 0 Å². The molecule has 1 aromatic carbocycles. The number of alkyl halides is 3. The van der Waals surface area contributed by atoms with Gasteiger partial charge < -0.3 is 4.74 Å². The number of aryl methyl sites for hydroxylation is 1. The van der Waals surface area contributed by atoms with Gasteiger partial charge in [-0.1, -0.05) is 19.9 Å². The van der Waals surface area contributed by atoms with Crippen molar-refractivity contribution in [2.24, 2.45) is 0 Å². The average molecular weight is 260 g/mol. The molecule has 1 rings (SSSR count). The monoisotopic (exact) mass is 260 g/mol. The molecular weight excluding hydrogens is 245 g/mol.